The summed E-state index contributed by atoms with van der Waals surface area (Å²) in [5.74, 6) is 0.445. The molecule has 32 heavy (non-hydrogen) atoms. The molecule has 9 heteroatoms. The zero-order chi connectivity index (χ0) is 23.5. The Hall–Kier alpha value is -3.26. The van der Waals surface area contributed by atoms with Gasteiger partial charge >= 0.3 is 0 Å². The summed E-state index contributed by atoms with van der Waals surface area (Å²) >= 11 is 5.81. The molecule has 0 bridgehead atoms. The minimum absolute atomic E-state index is 0.0893. The second-order valence-electron chi connectivity index (χ2n) is 7.21. The van der Waals surface area contributed by atoms with Crippen LogP contribution in [0.2, 0.25) is 5.02 Å². The molecule has 0 spiro atoms. The Balaban J connectivity index is 1.73. The third-order valence-electron chi connectivity index (χ3n) is 4.54. The van der Waals surface area contributed by atoms with E-state index in [9.17, 15) is 14.4 Å². The van der Waals surface area contributed by atoms with Crippen LogP contribution in [0.25, 0.3) is 0 Å². The number of hydrogen-bond donors (Lipinski definition) is 2. The number of nitrogens with zero attached hydrogens (tertiary/aromatic N) is 1. The van der Waals surface area contributed by atoms with Crippen molar-refractivity contribution in [3.63, 3.8) is 0 Å². The highest BCUT2D eigenvalue weighted by molar-refractivity contribution is 6.30. The third-order valence-corrected chi connectivity index (χ3v) is 4.79. The van der Waals surface area contributed by atoms with Crippen molar-refractivity contribution in [2.24, 2.45) is 0 Å². The number of rotatable bonds is 11. The number of halogens is 1. The molecule has 0 radical (unpaired) electrons. The molecular weight excluding hydrogens is 434 g/mol. The molecular formula is C23H28ClN3O5. The molecule has 0 aliphatic heterocycles. The second kappa shape index (κ2) is 12.6. The summed E-state index contributed by atoms with van der Waals surface area (Å²) in [6, 6.07) is 11.9. The minimum Gasteiger partial charge on any atom is -0.493 e. The summed E-state index contributed by atoms with van der Waals surface area (Å²) in [5, 5.41) is 6.18. The van der Waals surface area contributed by atoms with E-state index in [2.05, 4.69) is 10.6 Å². The smallest absolute Gasteiger partial charge is 0.259 e. The molecule has 2 aromatic rings. The Morgan fingerprint density at radius 3 is 2.38 bits per heavy atom. The fourth-order valence-corrected chi connectivity index (χ4v) is 2.78. The molecule has 0 aliphatic rings. The van der Waals surface area contributed by atoms with Crippen molar-refractivity contribution in [1.82, 2.24) is 15.5 Å². The zero-order valence-corrected chi connectivity index (χ0v) is 19.2. The van der Waals surface area contributed by atoms with E-state index in [1.54, 1.807) is 56.6 Å². The summed E-state index contributed by atoms with van der Waals surface area (Å²) in [7, 11) is 4.82. The Morgan fingerprint density at radius 1 is 1.00 bits per heavy atom. The van der Waals surface area contributed by atoms with Gasteiger partial charge in [-0.05, 0) is 48.4 Å². The molecule has 0 aliphatic carbocycles. The van der Waals surface area contributed by atoms with E-state index in [-0.39, 0.29) is 30.7 Å². The number of hydrogen-bond acceptors (Lipinski definition) is 5. The molecule has 0 aromatic heterocycles. The summed E-state index contributed by atoms with van der Waals surface area (Å²) < 4.78 is 10.8. The molecule has 0 heterocycles. The lowest BCUT2D eigenvalue weighted by Gasteiger charge is -2.14. The van der Waals surface area contributed by atoms with Crippen LogP contribution < -0.4 is 20.1 Å². The highest BCUT2D eigenvalue weighted by Gasteiger charge is 2.11. The van der Waals surface area contributed by atoms with E-state index < -0.39 is 0 Å². The highest BCUT2D eigenvalue weighted by Crippen LogP contribution is 2.28. The van der Waals surface area contributed by atoms with Crippen LogP contribution in [0, 0.1) is 0 Å². The maximum absolute atomic E-state index is 12.1. The number of carbonyl (C=O) groups excluding carboxylic acids is 3. The fraction of sp³-hybridized carbons (Fsp3) is 0.348. The molecule has 8 nitrogen and oxygen atoms in total. The van der Waals surface area contributed by atoms with Crippen molar-refractivity contribution in [1.29, 1.82) is 0 Å². The van der Waals surface area contributed by atoms with E-state index >= 15 is 0 Å². The van der Waals surface area contributed by atoms with Crippen molar-refractivity contribution in [2.45, 2.75) is 19.4 Å². The predicted molar refractivity (Wildman–Crippen MR) is 122 cm³/mol. The zero-order valence-electron chi connectivity index (χ0n) is 18.4. The van der Waals surface area contributed by atoms with Crippen molar-refractivity contribution in [3.8, 4) is 11.5 Å². The molecule has 2 rings (SSSR count). The molecule has 172 valence electrons. The normalized spacial score (nSPS) is 10.2. The fourth-order valence-electron chi connectivity index (χ4n) is 2.65. The van der Waals surface area contributed by atoms with Crippen LogP contribution in [0.5, 0.6) is 11.5 Å². The van der Waals surface area contributed by atoms with Gasteiger partial charge in [0.05, 0.1) is 7.11 Å². The Kier molecular flexibility index (Phi) is 9.81. The molecule has 2 N–H and O–H groups in total. The van der Waals surface area contributed by atoms with E-state index in [1.165, 1.54) is 12.0 Å². The van der Waals surface area contributed by atoms with Gasteiger partial charge in [0.15, 0.2) is 18.1 Å². The lowest BCUT2D eigenvalue weighted by molar-refractivity contribution is -0.130. The molecule has 3 amide bonds. The molecule has 0 saturated heterocycles. The van der Waals surface area contributed by atoms with Gasteiger partial charge in [-0.3, -0.25) is 14.4 Å². The average molecular weight is 462 g/mol. The van der Waals surface area contributed by atoms with Gasteiger partial charge in [0, 0.05) is 44.2 Å². The third kappa shape index (κ3) is 8.11. The van der Waals surface area contributed by atoms with Crippen LogP contribution >= 0.6 is 11.6 Å². The van der Waals surface area contributed by atoms with Gasteiger partial charge in [-0.1, -0.05) is 17.7 Å². The van der Waals surface area contributed by atoms with E-state index in [0.717, 1.165) is 5.56 Å². The van der Waals surface area contributed by atoms with Crippen LogP contribution in [-0.4, -0.2) is 57.0 Å². The van der Waals surface area contributed by atoms with Gasteiger partial charge in [-0.25, -0.2) is 0 Å². The van der Waals surface area contributed by atoms with Crippen molar-refractivity contribution in [3.05, 3.63) is 58.6 Å². The second-order valence-corrected chi connectivity index (χ2v) is 7.64. The first-order chi connectivity index (χ1) is 15.3. The Morgan fingerprint density at radius 2 is 1.72 bits per heavy atom. The first kappa shape index (κ1) is 25.0. The van der Waals surface area contributed by atoms with E-state index in [1.807, 2.05) is 0 Å². The van der Waals surface area contributed by atoms with Crippen LogP contribution in [0.4, 0.5) is 0 Å². The molecule has 0 fully saturated rings. The van der Waals surface area contributed by atoms with Gasteiger partial charge in [0.25, 0.3) is 11.8 Å². The van der Waals surface area contributed by atoms with Crippen LogP contribution in [0.1, 0.15) is 28.8 Å². The lowest BCUT2D eigenvalue weighted by Crippen LogP contribution is -2.27. The van der Waals surface area contributed by atoms with Gasteiger partial charge in [0.2, 0.25) is 5.91 Å². The number of amides is 3. The molecule has 0 unspecified atom stereocenters. The highest BCUT2D eigenvalue weighted by atomic mass is 35.5. The number of methoxy groups -OCH3 is 1. The van der Waals surface area contributed by atoms with Crippen LogP contribution in [-0.2, 0) is 16.1 Å². The monoisotopic (exact) mass is 461 g/mol. The number of carbonyl (C=O) groups is 3. The molecule has 0 atom stereocenters. The van der Waals surface area contributed by atoms with Crippen LogP contribution in [0.15, 0.2) is 42.5 Å². The number of likely N-dealkylation sites (N-methyl/N-ethyl adjacent to an activating group) is 1. The Bertz CT molecular complexity index is 932. The largest absolute Gasteiger partial charge is 0.493 e. The number of nitrogens with one attached hydrogen (secondary N) is 2. The first-order valence-electron chi connectivity index (χ1n) is 10.1. The quantitative estimate of drug-likeness (QED) is 0.501. The summed E-state index contributed by atoms with van der Waals surface area (Å²) in [6.07, 6.45) is 0.799. The van der Waals surface area contributed by atoms with Gasteiger partial charge < -0.3 is 25.0 Å². The maximum atomic E-state index is 12.1. The van der Waals surface area contributed by atoms with Gasteiger partial charge in [-0.15, -0.1) is 0 Å². The SMILES string of the molecule is COc1cc(CNC(=O)CCCNC(=O)c2ccc(Cl)cc2)ccc1OCC(=O)N(C)C. The summed E-state index contributed by atoms with van der Waals surface area (Å²) in [4.78, 5) is 37.2. The van der Waals surface area contributed by atoms with Gasteiger partial charge in [-0.2, -0.15) is 0 Å². The average Bonchev–Trinajstić information content (AvgIpc) is 2.79. The van der Waals surface area contributed by atoms with E-state index in [4.69, 9.17) is 21.1 Å². The van der Waals surface area contributed by atoms with E-state index in [0.29, 0.717) is 41.6 Å². The summed E-state index contributed by atoms with van der Waals surface area (Å²) in [6.45, 7) is 0.623. The molecule has 2 aromatic carbocycles. The topological polar surface area (TPSA) is 97.0 Å². The number of benzene rings is 2. The van der Waals surface area contributed by atoms with Crippen molar-refractivity contribution in [2.75, 3.05) is 34.4 Å². The maximum Gasteiger partial charge on any atom is 0.259 e. The number of ether oxygens (including phenoxy) is 2. The van der Waals surface area contributed by atoms with Gasteiger partial charge in [0.1, 0.15) is 0 Å². The molecule has 0 saturated carbocycles. The van der Waals surface area contributed by atoms with Crippen LogP contribution in [0.3, 0.4) is 0 Å². The van der Waals surface area contributed by atoms with Crippen molar-refractivity contribution < 1.29 is 23.9 Å². The summed E-state index contributed by atoms with van der Waals surface area (Å²) in [5.41, 5.74) is 1.35. The predicted octanol–water partition coefficient (Wildman–Crippen LogP) is 2.64. The van der Waals surface area contributed by atoms with Crippen molar-refractivity contribution >= 4 is 29.3 Å². The minimum atomic E-state index is -0.205. The lowest BCUT2D eigenvalue weighted by atomic mass is 10.2. The first-order valence-corrected chi connectivity index (χ1v) is 10.5. The Labute approximate surface area is 192 Å². The standard InChI is InChI=1S/C23H28ClN3O5/c1-27(2)22(29)15-32-19-11-6-16(13-20(19)31-3)14-26-21(28)5-4-12-25-23(30)17-7-9-18(24)10-8-17/h6-11,13H,4-5,12,14-15H2,1-3H3,(H,25,30)(H,26,28).